The van der Waals surface area contributed by atoms with Crippen LogP contribution in [0, 0.1) is 0 Å². The van der Waals surface area contributed by atoms with Crippen LogP contribution in [0.5, 0.6) is 0 Å². The van der Waals surface area contributed by atoms with Crippen LogP contribution in [0.1, 0.15) is 18.7 Å². The molecule has 0 bridgehead atoms. The first-order valence-electron chi connectivity index (χ1n) is 6.38. The van der Waals surface area contributed by atoms with E-state index in [4.69, 9.17) is 0 Å². The first kappa shape index (κ1) is 14.8. The summed E-state index contributed by atoms with van der Waals surface area (Å²) in [6, 6.07) is -0.00758. The van der Waals surface area contributed by atoms with Gasteiger partial charge in [-0.15, -0.1) is 0 Å². The van der Waals surface area contributed by atoms with E-state index in [0.29, 0.717) is 6.54 Å². The summed E-state index contributed by atoms with van der Waals surface area (Å²) in [5, 5.41) is 2.80. The lowest BCUT2D eigenvalue weighted by atomic mass is 10.1. The van der Waals surface area contributed by atoms with E-state index in [0.717, 1.165) is 18.7 Å². The van der Waals surface area contributed by atoms with Gasteiger partial charge >= 0.3 is 6.18 Å². The zero-order valence-corrected chi connectivity index (χ0v) is 10.8. The molecule has 1 aliphatic heterocycles. The molecule has 20 heavy (non-hydrogen) atoms. The molecule has 0 fully saturated rings. The smallest absolute Gasteiger partial charge is 0.372 e. The van der Waals surface area contributed by atoms with Crippen molar-refractivity contribution in [2.45, 2.75) is 38.0 Å². The Labute approximate surface area is 114 Å². The molecule has 1 aliphatic rings. The van der Waals surface area contributed by atoms with Crippen molar-refractivity contribution < 1.29 is 22.7 Å². The third kappa shape index (κ3) is 4.52. The molecule has 0 saturated heterocycles. The van der Waals surface area contributed by atoms with E-state index in [1.807, 2.05) is 10.8 Å². The summed E-state index contributed by atoms with van der Waals surface area (Å²) in [4.78, 5) is 15.8. The maximum absolute atomic E-state index is 11.8. The standard InChI is InChI=1S/C12H16F3N3O2/c13-12(14,15)8-20-6-3-11(19)17-9-1-2-10-16-4-5-18(10)7-9/h4-5,9H,1-3,6-8H2,(H,17,19). The number of aryl methyl sites for hydroxylation is 1. The highest BCUT2D eigenvalue weighted by Gasteiger charge is 2.27. The molecule has 1 N–H and O–H groups in total. The molecule has 0 saturated carbocycles. The van der Waals surface area contributed by atoms with Crippen LogP contribution >= 0.6 is 0 Å². The predicted octanol–water partition coefficient (Wildman–Crippen LogP) is 1.28. The number of amides is 1. The summed E-state index contributed by atoms with van der Waals surface area (Å²) >= 11 is 0. The van der Waals surface area contributed by atoms with Crippen molar-refractivity contribution in [3.8, 4) is 0 Å². The van der Waals surface area contributed by atoms with Crippen LogP contribution < -0.4 is 5.32 Å². The molecule has 1 atom stereocenters. The number of carbonyl (C=O) groups excluding carboxylic acids is 1. The second-order valence-electron chi connectivity index (χ2n) is 4.72. The number of imidazole rings is 1. The summed E-state index contributed by atoms with van der Waals surface area (Å²) in [5.74, 6) is 0.699. The van der Waals surface area contributed by atoms with E-state index in [-0.39, 0.29) is 25.0 Å². The second kappa shape index (κ2) is 6.25. The lowest BCUT2D eigenvalue weighted by Gasteiger charge is -2.24. The maximum Gasteiger partial charge on any atom is 0.411 e. The first-order valence-corrected chi connectivity index (χ1v) is 6.38. The van der Waals surface area contributed by atoms with Crippen LogP contribution in [0.3, 0.4) is 0 Å². The van der Waals surface area contributed by atoms with Crippen molar-refractivity contribution in [2.24, 2.45) is 0 Å². The molecule has 1 aromatic heterocycles. The Hall–Kier alpha value is -1.57. The van der Waals surface area contributed by atoms with Crippen LogP contribution in [0.15, 0.2) is 12.4 Å². The van der Waals surface area contributed by atoms with Gasteiger partial charge in [0.05, 0.1) is 6.61 Å². The van der Waals surface area contributed by atoms with Crippen molar-refractivity contribution in [2.75, 3.05) is 13.2 Å². The molecular formula is C12H16F3N3O2. The van der Waals surface area contributed by atoms with E-state index in [9.17, 15) is 18.0 Å². The van der Waals surface area contributed by atoms with Crippen LogP contribution in [0.25, 0.3) is 0 Å². The zero-order valence-electron chi connectivity index (χ0n) is 10.8. The number of nitrogens with zero attached hydrogens (tertiary/aromatic N) is 2. The molecule has 112 valence electrons. The fourth-order valence-electron chi connectivity index (χ4n) is 2.14. The third-order valence-corrected chi connectivity index (χ3v) is 3.04. The van der Waals surface area contributed by atoms with E-state index < -0.39 is 12.8 Å². The van der Waals surface area contributed by atoms with Gasteiger partial charge in [0.2, 0.25) is 5.91 Å². The Balaban J connectivity index is 1.66. The van der Waals surface area contributed by atoms with Gasteiger partial charge in [-0.05, 0) is 6.42 Å². The minimum atomic E-state index is -4.35. The maximum atomic E-state index is 11.8. The highest BCUT2D eigenvalue weighted by molar-refractivity contribution is 5.76. The molecule has 0 radical (unpaired) electrons. The topological polar surface area (TPSA) is 56.1 Å². The Morgan fingerprint density at radius 1 is 1.55 bits per heavy atom. The molecule has 5 nitrogen and oxygen atoms in total. The Morgan fingerprint density at radius 3 is 3.10 bits per heavy atom. The first-order chi connectivity index (χ1) is 9.44. The molecule has 0 aromatic carbocycles. The number of ether oxygens (including phenoxy) is 1. The Bertz CT molecular complexity index is 459. The largest absolute Gasteiger partial charge is 0.411 e. The number of hydrogen-bond acceptors (Lipinski definition) is 3. The van der Waals surface area contributed by atoms with Crippen LogP contribution in [-0.2, 0) is 22.5 Å². The van der Waals surface area contributed by atoms with Gasteiger partial charge in [0.15, 0.2) is 0 Å². The number of hydrogen-bond donors (Lipinski definition) is 1. The van der Waals surface area contributed by atoms with Gasteiger partial charge in [0.25, 0.3) is 0 Å². The minimum absolute atomic E-state index is 0.00758. The van der Waals surface area contributed by atoms with Crippen molar-refractivity contribution >= 4 is 5.91 Å². The van der Waals surface area contributed by atoms with E-state index in [2.05, 4.69) is 15.0 Å². The van der Waals surface area contributed by atoms with Gasteiger partial charge in [0, 0.05) is 37.8 Å². The second-order valence-corrected chi connectivity index (χ2v) is 4.72. The molecule has 1 unspecified atom stereocenters. The normalized spacial score (nSPS) is 18.6. The number of alkyl halides is 3. The van der Waals surface area contributed by atoms with E-state index in [1.54, 1.807) is 6.20 Å². The summed E-state index contributed by atoms with van der Waals surface area (Å²) < 4.78 is 41.9. The quantitative estimate of drug-likeness (QED) is 0.832. The Morgan fingerprint density at radius 2 is 2.35 bits per heavy atom. The summed E-state index contributed by atoms with van der Waals surface area (Å²) in [7, 11) is 0. The summed E-state index contributed by atoms with van der Waals surface area (Å²) in [6.07, 6.45) is 0.709. The van der Waals surface area contributed by atoms with Crippen molar-refractivity contribution in [3.05, 3.63) is 18.2 Å². The molecule has 0 aliphatic carbocycles. The predicted molar refractivity (Wildman–Crippen MR) is 64.0 cm³/mol. The molecule has 8 heteroatoms. The fourth-order valence-corrected chi connectivity index (χ4v) is 2.14. The molecule has 2 rings (SSSR count). The van der Waals surface area contributed by atoms with Gasteiger partial charge in [-0.2, -0.15) is 13.2 Å². The highest BCUT2D eigenvalue weighted by Crippen LogP contribution is 2.15. The number of halogens is 3. The monoisotopic (exact) mass is 291 g/mol. The lowest BCUT2D eigenvalue weighted by Crippen LogP contribution is -2.41. The average molecular weight is 291 g/mol. The van der Waals surface area contributed by atoms with Crippen LogP contribution in [-0.4, -0.2) is 40.9 Å². The van der Waals surface area contributed by atoms with Crippen LogP contribution in [0.4, 0.5) is 13.2 Å². The molecule has 2 heterocycles. The van der Waals surface area contributed by atoms with Gasteiger partial charge in [0.1, 0.15) is 12.4 Å². The van der Waals surface area contributed by atoms with Crippen LogP contribution in [0.2, 0.25) is 0 Å². The Kier molecular flexibility index (Phi) is 4.64. The van der Waals surface area contributed by atoms with Crippen molar-refractivity contribution in [1.82, 2.24) is 14.9 Å². The lowest BCUT2D eigenvalue weighted by molar-refractivity contribution is -0.174. The summed E-state index contributed by atoms with van der Waals surface area (Å²) in [6.45, 7) is -0.902. The third-order valence-electron chi connectivity index (χ3n) is 3.04. The SMILES string of the molecule is O=C(CCOCC(F)(F)F)NC1CCc2nccn2C1. The molecule has 1 aromatic rings. The summed E-state index contributed by atoms with van der Waals surface area (Å²) in [5.41, 5.74) is 0. The van der Waals surface area contributed by atoms with Gasteiger partial charge in [-0.25, -0.2) is 4.98 Å². The van der Waals surface area contributed by atoms with Gasteiger partial charge < -0.3 is 14.6 Å². The van der Waals surface area contributed by atoms with Crippen molar-refractivity contribution in [1.29, 1.82) is 0 Å². The zero-order chi connectivity index (χ0) is 14.6. The molecule has 1 amide bonds. The molecule has 0 spiro atoms. The average Bonchev–Trinajstić information content (AvgIpc) is 2.81. The van der Waals surface area contributed by atoms with E-state index >= 15 is 0 Å². The number of rotatable bonds is 5. The molecular weight excluding hydrogens is 275 g/mol. The van der Waals surface area contributed by atoms with Gasteiger partial charge in [-0.1, -0.05) is 0 Å². The fraction of sp³-hybridized carbons (Fsp3) is 0.667. The minimum Gasteiger partial charge on any atom is -0.372 e. The number of nitrogens with one attached hydrogen (secondary N) is 1. The van der Waals surface area contributed by atoms with Crippen molar-refractivity contribution in [3.63, 3.8) is 0 Å². The van der Waals surface area contributed by atoms with E-state index in [1.165, 1.54) is 0 Å². The number of fused-ring (bicyclic) bond motifs is 1. The number of carbonyl (C=O) groups is 1. The highest BCUT2D eigenvalue weighted by atomic mass is 19.4. The van der Waals surface area contributed by atoms with Gasteiger partial charge in [-0.3, -0.25) is 4.79 Å². The number of aromatic nitrogens is 2.